The number of aliphatic hydroxyl groups is 1. The first kappa shape index (κ1) is 21.2. The summed E-state index contributed by atoms with van der Waals surface area (Å²) in [4.78, 5) is 8.98. The van der Waals surface area contributed by atoms with E-state index in [1.165, 1.54) is 11.1 Å². The van der Waals surface area contributed by atoms with Gasteiger partial charge in [0, 0.05) is 18.3 Å². The van der Waals surface area contributed by atoms with E-state index in [0.29, 0.717) is 12.6 Å². The molecular formula is C27H29N5O. The van der Waals surface area contributed by atoms with Crippen molar-refractivity contribution in [3.8, 4) is 11.1 Å². The third kappa shape index (κ3) is 3.87. The fraction of sp³-hybridized carbons (Fsp3) is 0.259. The van der Waals surface area contributed by atoms with Crippen molar-refractivity contribution in [1.82, 2.24) is 5.43 Å². The smallest absolute Gasteiger partial charge is 0.250 e. The number of aliphatic imine (C=N–C) groups is 1. The van der Waals surface area contributed by atoms with Crippen LogP contribution in [0, 0.1) is 0 Å². The molecule has 0 aliphatic carbocycles. The molecule has 0 saturated heterocycles. The number of benzene rings is 3. The second kappa shape index (κ2) is 8.05. The minimum Gasteiger partial charge on any atom is -0.392 e. The summed E-state index contributed by atoms with van der Waals surface area (Å²) in [6.07, 6.45) is 0. The van der Waals surface area contributed by atoms with Crippen LogP contribution >= 0.6 is 0 Å². The van der Waals surface area contributed by atoms with E-state index in [2.05, 4.69) is 84.7 Å². The van der Waals surface area contributed by atoms with E-state index in [4.69, 9.17) is 4.99 Å². The van der Waals surface area contributed by atoms with Gasteiger partial charge in [0.15, 0.2) is 0 Å². The monoisotopic (exact) mass is 439 g/mol. The van der Waals surface area contributed by atoms with E-state index in [-0.39, 0.29) is 12.0 Å². The number of guanidine groups is 1. The van der Waals surface area contributed by atoms with E-state index in [1.54, 1.807) is 0 Å². The van der Waals surface area contributed by atoms with Crippen LogP contribution < -0.4 is 15.2 Å². The lowest BCUT2D eigenvalue weighted by molar-refractivity contribution is 0.282. The zero-order valence-corrected chi connectivity index (χ0v) is 19.5. The van der Waals surface area contributed by atoms with Crippen molar-refractivity contribution in [3.05, 3.63) is 83.4 Å². The molecule has 168 valence electrons. The first-order chi connectivity index (χ1) is 15.8. The summed E-state index contributed by atoms with van der Waals surface area (Å²) >= 11 is 0. The first-order valence-corrected chi connectivity index (χ1v) is 11.2. The van der Waals surface area contributed by atoms with Gasteiger partial charge in [0.05, 0.1) is 12.3 Å². The van der Waals surface area contributed by atoms with Crippen molar-refractivity contribution < 1.29 is 5.11 Å². The average Bonchev–Trinajstić information content (AvgIpc) is 3.31. The topological polar surface area (TPSA) is 63.5 Å². The highest BCUT2D eigenvalue weighted by atomic mass is 16.3. The number of hydrazone groups is 1. The van der Waals surface area contributed by atoms with E-state index >= 15 is 0 Å². The number of hydrogen-bond acceptors (Lipinski definition) is 6. The molecule has 0 spiro atoms. The van der Waals surface area contributed by atoms with Crippen LogP contribution in [0.3, 0.4) is 0 Å². The van der Waals surface area contributed by atoms with Gasteiger partial charge in [-0.05, 0) is 51.9 Å². The zero-order valence-electron chi connectivity index (χ0n) is 19.5. The number of anilines is 2. The Labute approximate surface area is 194 Å². The highest BCUT2D eigenvalue weighted by Gasteiger charge is 2.30. The van der Waals surface area contributed by atoms with Crippen molar-refractivity contribution in [1.29, 1.82) is 0 Å². The zero-order chi connectivity index (χ0) is 23.2. The number of fused-ring (bicyclic) bond motifs is 3. The molecule has 0 aromatic heterocycles. The summed E-state index contributed by atoms with van der Waals surface area (Å²) < 4.78 is 0. The second-order valence-corrected chi connectivity index (χ2v) is 9.54. The summed E-state index contributed by atoms with van der Waals surface area (Å²) in [7, 11) is 2.03. The average molecular weight is 440 g/mol. The predicted octanol–water partition coefficient (Wildman–Crippen LogP) is 4.68. The molecule has 33 heavy (non-hydrogen) atoms. The first-order valence-electron chi connectivity index (χ1n) is 11.2. The number of aliphatic hydroxyl groups excluding tert-OH is 1. The van der Waals surface area contributed by atoms with Crippen molar-refractivity contribution in [3.63, 3.8) is 0 Å². The minimum atomic E-state index is -0.000606. The minimum absolute atomic E-state index is 0.000606. The highest BCUT2D eigenvalue weighted by molar-refractivity contribution is 6.23. The van der Waals surface area contributed by atoms with Crippen LogP contribution in [0.25, 0.3) is 11.1 Å². The highest BCUT2D eigenvalue weighted by Crippen LogP contribution is 2.33. The number of amidine groups is 1. The molecule has 5 rings (SSSR count). The Kier molecular flexibility index (Phi) is 5.17. The quantitative estimate of drug-likeness (QED) is 0.622. The Morgan fingerprint density at radius 1 is 1.00 bits per heavy atom. The van der Waals surface area contributed by atoms with Gasteiger partial charge >= 0.3 is 0 Å². The van der Waals surface area contributed by atoms with Crippen LogP contribution in [0.2, 0.25) is 0 Å². The fourth-order valence-corrected chi connectivity index (χ4v) is 4.26. The molecule has 0 radical (unpaired) electrons. The lowest BCUT2D eigenvalue weighted by Gasteiger charge is -2.31. The molecule has 6 nitrogen and oxygen atoms in total. The second-order valence-electron chi connectivity index (χ2n) is 9.54. The molecule has 3 aromatic carbocycles. The van der Waals surface area contributed by atoms with Crippen molar-refractivity contribution in [2.75, 3.05) is 23.5 Å². The molecule has 2 aliphatic heterocycles. The third-order valence-corrected chi connectivity index (χ3v) is 6.27. The maximum absolute atomic E-state index is 9.63. The van der Waals surface area contributed by atoms with Crippen molar-refractivity contribution in [2.24, 2.45) is 10.1 Å². The maximum atomic E-state index is 9.63. The van der Waals surface area contributed by atoms with Gasteiger partial charge < -0.3 is 10.0 Å². The van der Waals surface area contributed by atoms with Crippen LogP contribution in [0.1, 0.15) is 37.5 Å². The molecule has 0 bridgehead atoms. The molecule has 2 N–H and O–H groups in total. The van der Waals surface area contributed by atoms with Crippen LogP contribution in [-0.4, -0.2) is 30.6 Å². The van der Waals surface area contributed by atoms with Gasteiger partial charge in [0.1, 0.15) is 12.5 Å². The van der Waals surface area contributed by atoms with Crippen LogP contribution in [0.4, 0.5) is 11.4 Å². The predicted molar refractivity (Wildman–Crippen MR) is 136 cm³/mol. The Bertz CT molecular complexity index is 1250. The molecule has 2 heterocycles. The van der Waals surface area contributed by atoms with Gasteiger partial charge in [-0.25, -0.2) is 0 Å². The summed E-state index contributed by atoms with van der Waals surface area (Å²) in [5.74, 6) is 1.46. The molecule has 0 fully saturated rings. The van der Waals surface area contributed by atoms with E-state index in [0.717, 1.165) is 33.9 Å². The summed E-state index contributed by atoms with van der Waals surface area (Å²) in [5.41, 5.74) is 10.7. The SMILES string of the molecule is CN(C1=NC2=NNCN2c2cc(CO)ccc21)c1cccc(-c2ccc(C(C)(C)C)cc2)c1. The molecule has 0 amide bonds. The number of nitrogens with one attached hydrogen (secondary N) is 1. The normalized spacial score (nSPS) is 14.8. The van der Waals surface area contributed by atoms with Gasteiger partial charge in [0.2, 0.25) is 0 Å². The summed E-state index contributed by atoms with van der Waals surface area (Å²) in [6, 6.07) is 23.3. The molecule has 0 unspecified atom stereocenters. The standard InChI is InChI=1S/C27H29N5O/c1-27(2,3)21-11-9-19(10-12-21)20-6-5-7-22(15-20)31(4)25-23-13-8-18(16-33)14-24(23)32-17-28-30-26(32)29-25/h5-15,28,33H,16-17H2,1-4H3. The molecule has 2 aliphatic rings. The number of hydrogen-bond donors (Lipinski definition) is 2. The molecule has 0 saturated carbocycles. The van der Waals surface area contributed by atoms with Crippen LogP contribution in [0.5, 0.6) is 0 Å². The lowest BCUT2D eigenvalue weighted by Crippen LogP contribution is -2.39. The number of rotatable bonds is 3. The fourth-order valence-electron chi connectivity index (χ4n) is 4.26. The van der Waals surface area contributed by atoms with Crippen molar-refractivity contribution in [2.45, 2.75) is 32.8 Å². The van der Waals surface area contributed by atoms with Crippen LogP contribution in [-0.2, 0) is 12.0 Å². The maximum Gasteiger partial charge on any atom is 0.250 e. The van der Waals surface area contributed by atoms with E-state index < -0.39 is 0 Å². The summed E-state index contributed by atoms with van der Waals surface area (Å²) in [5, 5.41) is 14.0. The number of nitrogens with zero attached hydrogens (tertiary/aromatic N) is 4. The van der Waals surface area contributed by atoms with Gasteiger partial charge in [-0.2, -0.15) is 4.99 Å². The van der Waals surface area contributed by atoms with E-state index in [1.807, 2.05) is 30.1 Å². The molecule has 3 aromatic rings. The third-order valence-electron chi connectivity index (χ3n) is 6.27. The Morgan fingerprint density at radius 2 is 1.79 bits per heavy atom. The Hall–Kier alpha value is -3.64. The van der Waals surface area contributed by atoms with Gasteiger partial charge in [0.25, 0.3) is 5.96 Å². The van der Waals surface area contributed by atoms with E-state index in [9.17, 15) is 5.11 Å². The molecule has 0 atom stereocenters. The Morgan fingerprint density at radius 3 is 2.52 bits per heavy atom. The van der Waals surface area contributed by atoms with Gasteiger partial charge in [-0.15, -0.1) is 5.10 Å². The van der Waals surface area contributed by atoms with Crippen molar-refractivity contribution >= 4 is 23.2 Å². The Balaban J connectivity index is 1.51. The van der Waals surface area contributed by atoms with Crippen LogP contribution in [0.15, 0.2) is 76.8 Å². The molecular weight excluding hydrogens is 410 g/mol. The summed E-state index contributed by atoms with van der Waals surface area (Å²) in [6.45, 7) is 7.26. The molecule has 6 heteroatoms. The van der Waals surface area contributed by atoms with Gasteiger partial charge in [-0.3, -0.25) is 10.3 Å². The lowest BCUT2D eigenvalue weighted by atomic mass is 9.86. The largest absolute Gasteiger partial charge is 0.392 e. The van der Waals surface area contributed by atoms with Gasteiger partial charge in [-0.1, -0.05) is 63.2 Å².